The number of aryl methyl sites for hydroxylation is 1. The van der Waals surface area contributed by atoms with Crippen molar-refractivity contribution in [3.05, 3.63) is 46.1 Å². The number of ketones is 1. The number of aromatic amines is 1. The molecule has 8 nitrogen and oxygen atoms in total. The quantitative estimate of drug-likeness (QED) is 0.826. The molecule has 0 saturated carbocycles. The van der Waals surface area contributed by atoms with Gasteiger partial charge in [-0.05, 0) is 25.0 Å². The number of amides is 1. The second-order valence-corrected chi connectivity index (χ2v) is 6.93. The first-order valence-corrected chi connectivity index (χ1v) is 8.71. The van der Waals surface area contributed by atoms with E-state index in [0.717, 1.165) is 11.1 Å². The van der Waals surface area contributed by atoms with Crippen LogP contribution in [0.25, 0.3) is 0 Å². The number of hydrogen-bond acceptors (Lipinski definition) is 5. The summed E-state index contributed by atoms with van der Waals surface area (Å²) in [5.41, 5.74) is -0.364. The number of carbonyl (C=O) groups excluding carboxylic acids is 2. The highest BCUT2D eigenvalue weighted by atomic mass is 16.5. The van der Waals surface area contributed by atoms with Crippen LogP contribution < -0.4 is 10.4 Å². The predicted octanol–water partition coefficient (Wildman–Crippen LogP) is 1.14. The van der Waals surface area contributed by atoms with Gasteiger partial charge in [-0.15, -0.1) is 5.10 Å². The number of ether oxygens (including phenoxy) is 1. The van der Waals surface area contributed by atoms with E-state index in [1.165, 1.54) is 7.05 Å². The molecule has 1 N–H and O–H groups in total. The molecule has 0 aliphatic carbocycles. The highest BCUT2D eigenvalue weighted by Crippen LogP contribution is 2.39. The number of nitrogens with zero attached hydrogens (tertiary/aromatic N) is 3. The van der Waals surface area contributed by atoms with Gasteiger partial charge in [0.15, 0.2) is 5.78 Å². The van der Waals surface area contributed by atoms with E-state index in [-0.39, 0.29) is 17.5 Å². The average Bonchev–Trinajstić information content (AvgIpc) is 2.84. The van der Waals surface area contributed by atoms with Crippen LogP contribution in [-0.2, 0) is 7.05 Å². The predicted molar refractivity (Wildman–Crippen MR) is 92.3 cm³/mol. The monoisotopic (exact) mass is 356 g/mol. The van der Waals surface area contributed by atoms with Gasteiger partial charge in [-0.3, -0.25) is 14.6 Å². The number of likely N-dealkylation sites (tertiary alicyclic amines) is 1. The van der Waals surface area contributed by atoms with Gasteiger partial charge in [-0.25, -0.2) is 9.48 Å². The summed E-state index contributed by atoms with van der Waals surface area (Å²) in [5.74, 6) is 0.444. The number of rotatable bonds is 1. The van der Waals surface area contributed by atoms with Crippen LogP contribution in [0.15, 0.2) is 29.1 Å². The van der Waals surface area contributed by atoms with Crippen molar-refractivity contribution in [2.45, 2.75) is 31.3 Å². The largest absolute Gasteiger partial charge is 0.486 e. The molecular weight excluding hydrogens is 336 g/mol. The van der Waals surface area contributed by atoms with Crippen molar-refractivity contribution in [2.24, 2.45) is 7.05 Å². The van der Waals surface area contributed by atoms with Crippen LogP contribution in [-0.4, -0.2) is 50.0 Å². The van der Waals surface area contributed by atoms with Crippen molar-refractivity contribution in [1.82, 2.24) is 19.7 Å². The zero-order valence-corrected chi connectivity index (χ0v) is 14.5. The molecule has 1 unspecified atom stereocenters. The summed E-state index contributed by atoms with van der Waals surface area (Å²) < 4.78 is 7.34. The maximum absolute atomic E-state index is 12.6. The second kappa shape index (κ2) is 6.12. The number of H-pyrrole nitrogens is 1. The summed E-state index contributed by atoms with van der Waals surface area (Å²) in [5, 5.41) is 3.93. The fraction of sp³-hybridized carbons (Fsp3) is 0.444. The zero-order valence-electron chi connectivity index (χ0n) is 14.5. The summed E-state index contributed by atoms with van der Waals surface area (Å²) in [7, 11) is 1.49. The SMILES string of the molecule is Cn1nc(C(=O)N2CCCC3(CC2)CC(=O)c2ccccc2O3)[nH]c1=O. The third kappa shape index (κ3) is 2.81. The molecule has 4 rings (SSSR count). The number of nitrogens with one attached hydrogen (secondary N) is 1. The van der Waals surface area contributed by atoms with Crippen molar-refractivity contribution in [3.63, 3.8) is 0 Å². The molecule has 1 atom stereocenters. The van der Waals surface area contributed by atoms with Gasteiger partial charge in [0.2, 0.25) is 5.82 Å². The van der Waals surface area contributed by atoms with E-state index in [1.807, 2.05) is 18.2 Å². The molecule has 0 radical (unpaired) electrons. The molecule has 1 fully saturated rings. The minimum absolute atomic E-state index is 0.0411. The second-order valence-electron chi connectivity index (χ2n) is 6.93. The number of hydrogen-bond donors (Lipinski definition) is 1. The van der Waals surface area contributed by atoms with Crippen LogP contribution >= 0.6 is 0 Å². The number of para-hydroxylation sites is 1. The van der Waals surface area contributed by atoms with E-state index in [4.69, 9.17) is 4.74 Å². The van der Waals surface area contributed by atoms with E-state index in [9.17, 15) is 14.4 Å². The first-order chi connectivity index (χ1) is 12.5. The van der Waals surface area contributed by atoms with Crippen LogP contribution in [0, 0.1) is 0 Å². The van der Waals surface area contributed by atoms with E-state index < -0.39 is 11.3 Å². The van der Waals surface area contributed by atoms with Gasteiger partial charge in [0.1, 0.15) is 11.4 Å². The van der Waals surface area contributed by atoms with E-state index in [2.05, 4.69) is 10.1 Å². The lowest BCUT2D eigenvalue weighted by Gasteiger charge is -2.37. The zero-order chi connectivity index (χ0) is 18.3. The van der Waals surface area contributed by atoms with Gasteiger partial charge in [-0.2, -0.15) is 0 Å². The summed E-state index contributed by atoms with van der Waals surface area (Å²) >= 11 is 0. The molecule has 8 heteroatoms. The third-order valence-corrected chi connectivity index (χ3v) is 5.15. The number of benzene rings is 1. The molecule has 0 bridgehead atoms. The summed E-state index contributed by atoms with van der Waals surface area (Å²) in [6.45, 7) is 0.991. The van der Waals surface area contributed by atoms with Crippen molar-refractivity contribution in [1.29, 1.82) is 0 Å². The molecule has 3 heterocycles. The smallest absolute Gasteiger partial charge is 0.343 e. The minimum Gasteiger partial charge on any atom is -0.486 e. The average molecular weight is 356 g/mol. The number of aromatic nitrogens is 3. The van der Waals surface area contributed by atoms with Crippen LogP contribution in [0.1, 0.15) is 46.7 Å². The van der Waals surface area contributed by atoms with Crippen molar-refractivity contribution >= 4 is 11.7 Å². The Morgan fingerprint density at radius 3 is 2.81 bits per heavy atom. The molecule has 1 amide bonds. The Bertz CT molecular complexity index is 931. The molecule has 26 heavy (non-hydrogen) atoms. The van der Waals surface area contributed by atoms with Crippen LogP contribution in [0.2, 0.25) is 0 Å². The number of Topliss-reactive ketones (excluding diaryl/α,β-unsaturated/α-hetero) is 1. The molecular formula is C18H20N4O4. The molecule has 1 spiro atoms. The lowest BCUT2D eigenvalue weighted by molar-refractivity contribution is 0.0299. The third-order valence-electron chi connectivity index (χ3n) is 5.15. The van der Waals surface area contributed by atoms with Crippen molar-refractivity contribution in [2.75, 3.05) is 13.1 Å². The highest BCUT2D eigenvalue weighted by Gasteiger charge is 2.42. The maximum Gasteiger partial charge on any atom is 0.343 e. The Kier molecular flexibility index (Phi) is 3.90. The Labute approximate surface area is 149 Å². The molecule has 2 aliphatic rings. The fourth-order valence-corrected chi connectivity index (χ4v) is 3.74. The maximum atomic E-state index is 12.6. The van der Waals surface area contributed by atoms with Crippen LogP contribution in [0.4, 0.5) is 0 Å². The minimum atomic E-state index is -0.571. The Balaban J connectivity index is 1.53. The van der Waals surface area contributed by atoms with E-state index in [1.54, 1.807) is 11.0 Å². The fourth-order valence-electron chi connectivity index (χ4n) is 3.74. The first-order valence-electron chi connectivity index (χ1n) is 8.71. The summed E-state index contributed by atoms with van der Waals surface area (Å²) in [6, 6.07) is 7.29. The van der Waals surface area contributed by atoms with Gasteiger partial charge in [0.05, 0.1) is 12.0 Å². The molecule has 2 aromatic rings. The van der Waals surface area contributed by atoms with Crippen molar-refractivity contribution < 1.29 is 14.3 Å². The van der Waals surface area contributed by atoms with E-state index in [0.29, 0.717) is 43.7 Å². The Morgan fingerprint density at radius 2 is 2.04 bits per heavy atom. The van der Waals surface area contributed by atoms with Gasteiger partial charge in [0, 0.05) is 26.6 Å². The molecule has 1 aromatic heterocycles. The van der Waals surface area contributed by atoms with Crippen LogP contribution in [0.5, 0.6) is 5.75 Å². The lowest BCUT2D eigenvalue weighted by Crippen LogP contribution is -2.43. The number of carbonyl (C=O) groups is 2. The first kappa shape index (κ1) is 16.6. The molecule has 2 aliphatic heterocycles. The summed E-state index contributed by atoms with van der Waals surface area (Å²) in [4.78, 5) is 40.8. The molecule has 1 saturated heterocycles. The van der Waals surface area contributed by atoms with Crippen LogP contribution in [0.3, 0.4) is 0 Å². The standard InChI is InChI=1S/C18H20N4O4/c1-21-17(25)19-15(20-21)16(24)22-9-4-7-18(8-10-22)11-13(23)12-5-2-3-6-14(12)26-18/h2-3,5-6H,4,7-11H2,1H3,(H,19,20,25). The Hall–Kier alpha value is -2.90. The van der Waals surface area contributed by atoms with Crippen molar-refractivity contribution in [3.8, 4) is 5.75 Å². The van der Waals surface area contributed by atoms with Gasteiger partial charge >= 0.3 is 5.69 Å². The highest BCUT2D eigenvalue weighted by molar-refractivity contribution is 6.00. The van der Waals surface area contributed by atoms with Gasteiger partial charge in [-0.1, -0.05) is 12.1 Å². The molecule has 1 aromatic carbocycles. The lowest BCUT2D eigenvalue weighted by atomic mass is 9.84. The topological polar surface area (TPSA) is 97.3 Å². The molecule has 136 valence electrons. The van der Waals surface area contributed by atoms with E-state index >= 15 is 0 Å². The number of fused-ring (bicyclic) bond motifs is 1. The van der Waals surface area contributed by atoms with Gasteiger partial charge < -0.3 is 9.64 Å². The normalized spacial score (nSPS) is 22.7. The van der Waals surface area contributed by atoms with Gasteiger partial charge in [0.25, 0.3) is 5.91 Å². The Morgan fingerprint density at radius 1 is 1.23 bits per heavy atom. The summed E-state index contributed by atoms with van der Waals surface area (Å²) in [6.07, 6.45) is 2.32.